The van der Waals surface area contributed by atoms with Gasteiger partial charge >= 0.3 is 21.7 Å². The van der Waals surface area contributed by atoms with E-state index in [0.29, 0.717) is 0 Å². The van der Waals surface area contributed by atoms with Crippen LogP contribution in [-0.2, 0) is 21.7 Å². The Morgan fingerprint density at radius 3 is 1.39 bits per heavy atom. The van der Waals surface area contributed by atoms with E-state index in [1.165, 1.54) is 36.8 Å². The zero-order valence-corrected chi connectivity index (χ0v) is 20.0. The van der Waals surface area contributed by atoms with Crippen molar-refractivity contribution in [2.24, 2.45) is 11.8 Å². The van der Waals surface area contributed by atoms with Crippen LogP contribution in [0.15, 0.2) is 35.5 Å². The molecule has 23 heavy (non-hydrogen) atoms. The van der Waals surface area contributed by atoms with Crippen LogP contribution in [-0.4, -0.2) is 0 Å². The van der Waals surface area contributed by atoms with Gasteiger partial charge in [-0.2, -0.15) is 12.2 Å². The molecule has 2 atom stereocenters. The first-order valence-electron chi connectivity index (χ1n) is 8.23. The average molecular weight is 480 g/mol. The number of hydrogen-bond acceptors (Lipinski definition) is 0. The van der Waals surface area contributed by atoms with Crippen molar-refractivity contribution in [3.05, 3.63) is 47.6 Å². The van der Waals surface area contributed by atoms with E-state index in [1.54, 1.807) is 0 Å². The first-order chi connectivity index (χ1) is 9.69. The van der Waals surface area contributed by atoms with Gasteiger partial charge < -0.3 is 0 Å². The predicted molar refractivity (Wildman–Crippen MR) is 110 cm³/mol. The molecule has 0 saturated heterocycles. The van der Waals surface area contributed by atoms with E-state index in [2.05, 4.69) is 64.2 Å². The van der Waals surface area contributed by atoms with Crippen LogP contribution < -0.4 is 0 Å². The first-order valence-corrected chi connectivity index (χ1v) is 8.23. The Bertz CT molecular complexity index is 356. The Labute approximate surface area is 180 Å². The normalized spacial score (nSPS) is 16.7. The molecule has 0 aromatic carbocycles. The molecule has 0 aromatic rings. The first kappa shape index (κ1) is 28.4. The van der Waals surface area contributed by atoms with Gasteiger partial charge in [-0.1, -0.05) is 52.4 Å². The number of rotatable bonds is 6. The molecule has 0 N–H and O–H groups in total. The SMILES string of the molecule is Br.Br.CCCC(C)C1=[C-]CC=C1.CCCC(C)C1=[C-]CC=C1.[Ti+2]. The zero-order valence-electron chi connectivity index (χ0n) is 15.0. The van der Waals surface area contributed by atoms with Crippen LogP contribution in [0.25, 0.3) is 0 Å². The molecular weight excluding hydrogens is 448 g/mol. The van der Waals surface area contributed by atoms with Gasteiger partial charge in [-0.3, -0.25) is 12.2 Å². The summed E-state index contributed by atoms with van der Waals surface area (Å²) in [5, 5.41) is 0. The fourth-order valence-electron chi connectivity index (χ4n) is 2.70. The van der Waals surface area contributed by atoms with Crippen LogP contribution >= 0.6 is 34.0 Å². The summed E-state index contributed by atoms with van der Waals surface area (Å²) in [5.41, 5.74) is 2.84. The second-order valence-electron chi connectivity index (χ2n) is 5.86. The Hall–Kier alpha value is 0.634. The molecule has 0 aromatic heterocycles. The molecule has 0 nitrogen and oxygen atoms in total. The van der Waals surface area contributed by atoms with Crippen molar-refractivity contribution in [2.45, 2.75) is 66.2 Å². The second-order valence-corrected chi connectivity index (χ2v) is 5.86. The quantitative estimate of drug-likeness (QED) is 0.275. The van der Waals surface area contributed by atoms with Gasteiger partial charge in [0.15, 0.2) is 0 Å². The van der Waals surface area contributed by atoms with Crippen LogP contribution in [0.5, 0.6) is 0 Å². The Morgan fingerprint density at radius 2 is 1.17 bits per heavy atom. The van der Waals surface area contributed by atoms with Crippen molar-refractivity contribution >= 4 is 34.0 Å². The van der Waals surface area contributed by atoms with Crippen LogP contribution in [0.2, 0.25) is 0 Å². The number of hydrogen-bond donors (Lipinski definition) is 0. The van der Waals surface area contributed by atoms with Gasteiger partial charge in [0.25, 0.3) is 0 Å². The molecular formula is C20H32Br2Ti. The maximum Gasteiger partial charge on any atom is 2.00 e. The molecule has 2 unspecified atom stereocenters. The van der Waals surface area contributed by atoms with Crippen LogP contribution in [0, 0.1) is 24.0 Å². The molecule has 2 rings (SSSR count). The van der Waals surface area contributed by atoms with E-state index in [1.807, 2.05) is 0 Å². The van der Waals surface area contributed by atoms with Crippen molar-refractivity contribution in [3.8, 4) is 0 Å². The van der Waals surface area contributed by atoms with Crippen molar-refractivity contribution in [1.29, 1.82) is 0 Å². The number of halogens is 2. The van der Waals surface area contributed by atoms with Crippen LogP contribution in [0.4, 0.5) is 0 Å². The smallest absolute Gasteiger partial charge is 0.269 e. The van der Waals surface area contributed by atoms with Crippen molar-refractivity contribution < 1.29 is 21.7 Å². The third-order valence-electron chi connectivity index (χ3n) is 3.95. The van der Waals surface area contributed by atoms with Crippen LogP contribution in [0.1, 0.15) is 66.2 Å². The third-order valence-corrected chi connectivity index (χ3v) is 3.95. The molecule has 0 aliphatic heterocycles. The summed E-state index contributed by atoms with van der Waals surface area (Å²) >= 11 is 0. The summed E-state index contributed by atoms with van der Waals surface area (Å²) in [6, 6.07) is 0. The summed E-state index contributed by atoms with van der Waals surface area (Å²) in [4.78, 5) is 0. The van der Waals surface area contributed by atoms with E-state index >= 15 is 0 Å². The fraction of sp³-hybridized carbons (Fsp3) is 0.600. The third kappa shape index (κ3) is 11.8. The second kappa shape index (κ2) is 17.5. The molecule has 130 valence electrons. The molecule has 3 heteroatoms. The molecule has 0 saturated carbocycles. The van der Waals surface area contributed by atoms with E-state index in [0.717, 1.165) is 24.7 Å². The summed E-state index contributed by atoms with van der Waals surface area (Å²) in [5.74, 6) is 1.45. The molecule has 0 radical (unpaired) electrons. The van der Waals surface area contributed by atoms with Gasteiger partial charge in [0.2, 0.25) is 0 Å². The number of allylic oxidation sites excluding steroid dienone is 8. The Balaban J connectivity index is -0.000000308. The molecule has 0 bridgehead atoms. The minimum atomic E-state index is 0. The van der Waals surface area contributed by atoms with E-state index in [4.69, 9.17) is 0 Å². The fourth-order valence-corrected chi connectivity index (χ4v) is 2.70. The Morgan fingerprint density at radius 1 is 0.826 bits per heavy atom. The molecule has 0 fully saturated rings. The van der Waals surface area contributed by atoms with Gasteiger partial charge in [-0.05, 0) is 12.8 Å². The van der Waals surface area contributed by atoms with Gasteiger partial charge in [0.05, 0.1) is 0 Å². The molecule has 2 aliphatic rings. The van der Waals surface area contributed by atoms with Gasteiger partial charge in [-0.15, -0.1) is 46.8 Å². The van der Waals surface area contributed by atoms with Crippen molar-refractivity contribution in [2.75, 3.05) is 0 Å². The van der Waals surface area contributed by atoms with Gasteiger partial charge in [-0.25, -0.2) is 23.3 Å². The maximum absolute atomic E-state index is 3.35. The summed E-state index contributed by atoms with van der Waals surface area (Å²) in [7, 11) is 0. The monoisotopic (exact) mass is 478 g/mol. The minimum absolute atomic E-state index is 0. The molecule has 0 spiro atoms. The largest absolute Gasteiger partial charge is 2.00 e. The van der Waals surface area contributed by atoms with Gasteiger partial charge in [0.1, 0.15) is 0 Å². The average Bonchev–Trinajstić information content (AvgIpc) is 3.14. The predicted octanol–water partition coefficient (Wildman–Crippen LogP) is 7.38. The van der Waals surface area contributed by atoms with E-state index in [9.17, 15) is 0 Å². The maximum atomic E-state index is 3.35. The van der Waals surface area contributed by atoms with Gasteiger partial charge in [0, 0.05) is 0 Å². The molecule has 2 aliphatic carbocycles. The summed E-state index contributed by atoms with van der Waals surface area (Å²) in [6.07, 6.45) is 22.7. The van der Waals surface area contributed by atoms with E-state index < -0.39 is 0 Å². The standard InChI is InChI=1S/2C10H15.2BrH.Ti/c2*1-3-6-9(2)10-7-4-5-8-10;;;/h2*4,7,9H,3,5-6H2,1-2H3;2*1H;/q2*-1;;;+2. The zero-order chi connectivity index (χ0) is 14.8. The summed E-state index contributed by atoms with van der Waals surface area (Å²) < 4.78 is 0. The van der Waals surface area contributed by atoms with E-state index in [-0.39, 0.29) is 55.7 Å². The van der Waals surface area contributed by atoms with Crippen molar-refractivity contribution in [1.82, 2.24) is 0 Å². The molecule has 0 heterocycles. The van der Waals surface area contributed by atoms with Crippen LogP contribution in [0.3, 0.4) is 0 Å². The molecule has 0 amide bonds. The Kier molecular flexibility index (Phi) is 21.6. The van der Waals surface area contributed by atoms with Crippen molar-refractivity contribution in [3.63, 3.8) is 0 Å². The summed E-state index contributed by atoms with van der Waals surface area (Å²) in [6.45, 7) is 9.02. The topological polar surface area (TPSA) is 0 Å². The minimum Gasteiger partial charge on any atom is -0.269 e.